The second-order valence-electron chi connectivity index (χ2n) is 8.10. The summed E-state index contributed by atoms with van der Waals surface area (Å²) in [6.45, 7) is 8.10. The molecule has 4 rings (SSSR count). The third-order valence-corrected chi connectivity index (χ3v) is 8.08. The van der Waals surface area contributed by atoms with Crippen molar-refractivity contribution in [1.29, 1.82) is 0 Å². The monoisotopic (exact) mass is 463 g/mol. The molecule has 0 aromatic carbocycles. The Bertz CT molecular complexity index is 1020. The number of carbonyl (C=O) groups excluding carboxylic acids is 1. The van der Waals surface area contributed by atoms with Crippen molar-refractivity contribution >= 4 is 21.9 Å². The van der Waals surface area contributed by atoms with Crippen molar-refractivity contribution in [2.24, 2.45) is 0 Å². The van der Waals surface area contributed by atoms with E-state index in [9.17, 15) is 13.2 Å². The molecule has 4 heterocycles. The molecule has 2 aromatic heterocycles. The summed E-state index contributed by atoms with van der Waals surface area (Å²) in [6.07, 6.45) is 4.10. The van der Waals surface area contributed by atoms with Gasteiger partial charge >= 0.3 is 0 Å². The van der Waals surface area contributed by atoms with Gasteiger partial charge in [0.25, 0.3) is 0 Å². The fourth-order valence-corrected chi connectivity index (χ4v) is 5.98. The van der Waals surface area contributed by atoms with Crippen LogP contribution in [0.3, 0.4) is 0 Å². The predicted molar refractivity (Wildman–Crippen MR) is 117 cm³/mol. The molecule has 2 aromatic rings. The Morgan fingerprint density at radius 2 is 1.72 bits per heavy atom. The van der Waals surface area contributed by atoms with Crippen LogP contribution in [0.2, 0.25) is 0 Å². The fourth-order valence-electron chi connectivity index (χ4n) is 4.22. The summed E-state index contributed by atoms with van der Waals surface area (Å²) in [4.78, 5) is 27.5. The maximum Gasteiger partial charge on any atom is 0.248 e. The zero-order valence-corrected chi connectivity index (χ0v) is 19.3. The first kappa shape index (κ1) is 22.6. The third kappa shape index (κ3) is 4.76. The summed E-state index contributed by atoms with van der Waals surface area (Å²) in [7, 11) is -3.67. The van der Waals surface area contributed by atoms with Crippen LogP contribution in [0, 0.1) is 13.8 Å². The zero-order chi connectivity index (χ0) is 22.7. The summed E-state index contributed by atoms with van der Waals surface area (Å²) < 4.78 is 32.7. The summed E-state index contributed by atoms with van der Waals surface area (Å²) >= 11 is 0. The molecule has 0 aliphatic carbocycles. The van der Waals surface area contributed by atoms with Crippen molar-refractivity contribution in [1.82, 2.24) is 29.2 Å². The Labute approximate surface area is 188 Å². The van der Waals surface area contributed by atoms with Gasteiger partial charge in [0.1, 0.15) is 10.6 Å². The number of carbonyl (C=O) groups is 1. The molecule has 0 unspecified atom stereocenters. The normalized spacial score (nSPS) is 19.2. The minimum Gasteiger partial charge on any atom is -0.360 e. The third-order valence-electron chi connectivity index (χ3n) is 5.94. The van der Waals surface area contributed by atoms with E-state index in [1.165, 1.54) is 4.31 Å². The number of anilines is 1. The Morgan fingerprint density at radius 1 is 1.00 bits per heavy atom. The highest BCUT2D eigenvalue weighted by Gasteiger charge is 2.33. The second kappa shape index (κ2) is 9.51. The molecule has 32 heavy (non-hydrogen) atoms. The van der Waals surface area contributed by atoms with E-state index in [0.717, 1.165) is 0 Å². The topological polar surface area (TPSA) is 116 Å². The van der Waals surface area contributed by atoms with Crippen LogP contribution in [0.4, 0.5) is 5.95 Å². The predicted octanol–water partition coefficient (Wildman–Crippen LogP) is 0.127. The molecule has 2 aliphatic heterocycles. The van der Waals surface area contributed by atoms with Crippen LogP contribution in [-0.2, 0) is 14.8 Å². The van der Waals surface area contributed by atoms with Crippen molar-refractivity contribution < 1.29 is 17.7 Å². The molecular formula is C20H29N7O4S. The Morgan fingerprint density at radius 3 is 2.38 bits per heavy atom. The standard InChI is InChI=1S/C20H29N7O4S/c1-16-19(17(2)31-23-16)32(29,30)27-8-4-7-24(9-14-27)15-18(28)25-10-12-26(13-11-25)20-21-5-3-6-22-20/h3,5-6H,4,7-15H2,1-2H3. The van der Waals surface area contributed by atoms with E-state index in [0.29, 0.717) is 82.7 Å². The molecule has 2 aliphatic rings. The smallest absolute Gasteiger partial charge is 0.248 e. The number of nitrogens with zero attached hydrogens (tertiary/aromatic N) is 7. The molecule has 2 saturated heterocycles. The lowest BCUT2D eigenvalue weighted by molar-refractivity contribution is -0.132. The molecule has 0 radical (unpaired) electrons. The Kier molecular flexibility index (Phi) is 6.72. The molecule has 11 nitrogen and oxygen atoms in total. The van der Waals surface area contributed by atoms with Crippen LogP contribution in [0.25, 0.3) is 0 Å². The van der Waals surface area contributed by atoms with Crippen LogP contribution < -0.4 is 4.90 Å². The van der Waals surface area contributed by atoms with Gasteiger partial charge in [0, 0.05) is 58.2 Å². The van der Waals surface area contributed by atoms with Gasteiger partial charge in [0.05, 0.1) is 6.54 Å². The summed E-state index contributed by atoms with van der Waals surface area (Å²) in [5.41, 5.74) is 0.374. The van der Waals surface area contributed by atoms with Gasteiger partial charge in [-0.25, -0.2) is 18.4 Å². The summed E-state index contributed by atoms with van der Waals surface area (Å²) in [5.74, 6) is 1.06. The maximum absolute atomic E-state index is 13.1. The average Bonchev–Trinajstić information content (AvgIpc) is 2.99. The van der Waals surface area contributed by atoms with Gasteiger partial charge in [-0.05, 0) is 32.9 Å². The molecule has 0 N–H and O–H groups in total. The molecule has 1 amide bonds. The van der Waals surface area contributed by atoms with E-state index < -0.39 is 10.0 Å². The van der Waals surface area contributed by atoms with Crippen molar-refractivity contribution in [2.75, 3.05) is 63.8 Å². The van der Waals surface area contributed by atoms with E-state index >= 15 is 0 Å². The molecule has 2 fully saturated rings. The van der Waals surface area contributed by atoms with Gasteiger partial charge in [0.2, 0.25) is 21.9 Å². The first-order valence-corrected chi connectivity index (χ1v) is 12.3. The van der Waals surface area contributed by atoms with Crippen LogP contribution >= 0.6 is 0 Å². The van der Waals surface area contributed by atoms with E-state index in [2.05, 4.69) is 20.0 Å². The van der Waals surface area contributed by atoms with Crippen LogP contribution in [-0.4, -0.2) is 102 Å². The van der Waals surface area contributed by atoms with Gasteiger partial charge in [-0.2, -0.15) is 4.31 Å². The van der Waals surface area contributed by atoms with Crippen molar-refractivity contribution in [3.05, 3.63) is 29.9 Å². The number of aromatic nitrogens is 3. The first-order valence-electron chi connectivity index (χ1n) is 10.8. The second-order valence-corrected chi connectivity index (χ2v) is 9.98. The first-order chi connectivity index (χ1) is 15.4. The summed E-state index contributed by atoms with van der Waals surface area (Å²) in [5, 5.41) is 3.78. The van der Waals surface area contributed by atoms with Crippen LogP contribution in [0.15, 0.2) is 27.9 Å². The van der Waals surface area contributed by atoms with E-state index in [1.807, 2.05) is 9.80 Å². The molecule has 0 spiro atoms. The number of rotatable bonds is 5. The lowest BCUT2D eigenvalue weighted by Gasteiger charge is -2.35. The molecule has 0 saturated carbocycles. The minimum absolute atomic E-state index is 0.0701. The van der Waals surface area contributed by atoms with Crippen molar-refractivity contribution in [2.45, 2.75) is 25.2 Å². The Balaban J connectivity index is 1.30. The average molecular weight is 464 g/mol. The van der Waals surface area contributed by atoms with Crippen LogP contribution in [0.1, 0.15) is 17.9 Å². The molecule has 174 valence electrons. The minimum atomic E-state index is -3.67. The quantitative estimate of drug-likeness (QED) is 0.610. The van der Waals surface area contributed by atoms with Crippen LogP contribution in [0.5, 0.6) is 0 Å². The van der Waals surface area contributed by atoms with Gasteiger partial charge in [-0.3, -0.25) is 9.69 Å². The SMILES string of the molecule is Cc1noc(C)c1S(=O)(=O)N1CCCN(CC(=O)N2CCN(c3ncccn3)CC2)CC1. The Hall–Kier alpha value is -2.57. The number of hydrogen-bond acceptors (Lipinski definition) is 9. The zero-order valence-electron chi connectivity index (χ0n) is 18.5. The van der Waals surface area contributed by atoms with Crippen molar-refractivity contribution in [3.8, 4) is 0 Å². The number of amides is 1. The highest BCUT2D eigenvalue weighted by atomic mass is 32.2. The van der Waals surface area contributed by atoms with Crippen molar-refractivity contribution in [3.63, 3.8) is 0 Å². The molecule has 0 atom stereocenters. The van der Waals surface area contributed by atoms with Gasteiger partial charge in [-0.1, -0.05) is 5.16 Å². The molecule has 12 heteroatoms. The highest BCUT2D eigenvalue weighted by molar-refractivity contribution is 7.89. The number of piperazine rings is 1. The maximum atomic E-state index is 13.1. The molecular weight excluding hydrogens is 434 g/mol. The largest absolute Gasteiger partial charge is 0.360 e. The van der Waals surface area contributed by atoms with Gasteiger partial charge in [-0.15, -0.1) is 0 Å². The highest BCUT2D eigenvalue weighted by Crippen LogP contribution is 2.24. The number of sulfonamides is 1. The fraction of sp³-hybridized carbons (Fsp3) is 0.600. The lowest BCUT2D eigenvalue weighted by Crippen LogP contribution is -2.52. The summed E-state index contributed by atoms with van der Waals surface area (Å²) in [6, 6.07) is 1.78. The lowest BCUT2D eigenvalue weighted by atomic mass is 10.3. The van der Waals surface area contributed by atoms with E-state index in [1.54, 1.807) is 32.3 Å². The number of aryl methyl sites for hydroxylation is 2. The van der Waals surface area contributed by atoms with Gasteiger partial charge < -0.3 is 14.3 Å². The van der Waals surface area contributed by atoms with Gasteiger partial charge in [0.15, 0.2) is 5.76 Å². The van der Waals surface area contributed by atoms with E-state index in [-0.39, 0.29) is 10.8 Å². The van der Waals surface area contributed by atoms with E-state index in [4.69, 9.17) is 4.52 Å². The molecule has 0 bridgehead atoms. The number of hydrogen-bond donors (Lipinski definition) is 0.